The molecule has 19 heteroatoms. The minimum atomic E-state index is -0.999. The molecule has 0 bridgehead atoms. The number of hydrogen-bond acceptors (Lipinski definition) is 15. The van der Waals surface area contributed by atoms with Gasteiger partial charge in [0, 0.05) is 95.4 Å². The molecule has 1 unspecified atom stereocenters. The van der Waals surface area contributed by atoms with Crippen molar-refractivity contribution in [1.29, 1.82) is 5.26 Å². The molecule has 1 aromatic carbocycles. The molecule has 5 amide bonds. The summed E-state index contributed by atoms with van der Waals surface area (Å²) in [5, 5.41) is 30.1. The molecule has 3 saturated heterocycles. The van der Waals surface area contributed by atoms with Crippen LogP contribution in [0.2, 0.25) is 0 Å². The molecule has 0 saturated carbocycles. The van der Waals surface area contributed by atoms with Crippen molar-refractivity contribution in [2.24, 2.45) is 0 Å². The summed E-state index contributed by atoms with van der Waals surface area (Å²) < 4.78 is 1.77. The van der Waals surface area contributed by atoms with Crippen LogP contribution in [0.3, 0.4) is 0 Å². The Balaban J connectivity index is 0.763. The van der Waals surface area contributed by atoms with Gasteiger partial charge in [-0.2, -0.15) is 10.4 Å². The summed E-state index contributed by atoms with van der Waals surface area (Å²) in [5.74, 6) is -1.95. The van der Waals surface area contributed by atoms with E-state index in [1.807, 2.05) is 35.4 Å². The van der Waals surface area contributed by atoms with Crippen molar-refractivity contribution in [3.8, 4) is 28.0 Å². The first-order chi connectivity index (χ1) is 29.5. The predicted octanol–water partition coefficient (Wildman–Crippen LogP) is 2.87. The van der Waals surface area contributed by atoms with Crippen LogP contribution in [-0.4, -0.2) is 140 Å². The molecule has 2 N–H and O–H groups in total. The molecule has 18 nitrogen and oxygen atoms in total. The number of nitrogens with one attached hydrogen (secondary N) is 2. The van der Waals surface area contributed by atoms with Crippen LogP contribution in [0.4, 0.5) is 16.5 Å². The van der Waals surface area contributed by atoms with Crippen LogP contribution in [0.25, 0.3) is 27.5 Å². The monoisotopic (exact) mass is 841 g/mol. The van der Waals surface area contributed by atoms with Gasteiger partial charge in [0.05, 0.1) is 45.4 Å². The van der Waals surface area contributed by atoms with Crippen molar-refractivity contribution in [1.82, 2.24) is 44.8 Å². The molecule has 0 radical (unpaired) electrons. The van der Waals surface area contributed by atoms with E-state index in [4.69, 9.17) is 4.98 Å². The first kappa shape index (κ1) is 39.7. The normalized spacial score (nSPS) is 18.6. The third kappa shape index (κ3) is 7.75. The summed E-state index contributed by atoms with van der Waals surface area (Å²) in [6.07, 6.45) is 3.95. The smallest absolute Gasteiger partial charge is 0.262 e. The average molecular weight is 842 g/mol. The van der Waals surface area contributed by atoms with Crippen molar-refractivity contribution < 1.29 is 24.0 Å². The number of carbonyl (C=O) groups is 5. The zero-order valence-electron chi connectivity index (χ0n) is 33.7. The fourth-order valence-electron chi connectivity index (χ4n) is 8.35. The van der Waals surface area contributed by atoms with E-state index < -0.39 is 29.7 Å². The van der Waals surface area contributed by atoms with Gasteiger partial charge in [-0.3, -0.25) is 44.1 Å². The van der Waals surface area contributed by atoms with Gasteiger partial charge in [0.1, 0.15) is 12.1 Å². The Morgan fingerprint density at radius 1 is 0.902 bits per heavy atom. The number of rotatable bonds is 10. The summed E-state index contributed by atoms with van der Waals surface area (Å²) in [4.78, 5) is 78.1. The van der Waals surface area contributed by atoms with Crippen LogP contribution in [0, 0.1) is 11.3 Å². The molecule has 4 aliphatic rings. The van der Waals surface area contributed by atoms with Gasteiger partial charge in [0.2, 0.25) is 22.9 Å². The van der Waals surface area contributed by atoms with E-state index in [9.17, 15) is 29.2 Å². The zero-order chi connectivity index (χ0) is 42.4. The second kappa shape index (κ2) is 16.3. The predicted molar refractivity (Wildman–Crippen MR) is 226 cm³/mol. The highest BCUT2D eigenvalue weighted by Crippen LogP contribution is 2.36. The molecule has 61 heavy (non-hydrogen) atoms. The molecule has 9 rings (SSSR count). The summed E-state index contributed by atoms with van der Waals surface area (Å²) in [5.41, 5.74) is 5.90. The van der Waals surface area contributed by atoms with E-state index in [1.165, 1.54) is 11.3 Å². The largest absolute Gasteiger partial charge is 0.382 e. The number of fused-ring (bicyclic) bond motifs is 2. The SMILES string of the molecule is CC(C)Nc1cc(-c2ccc3cc(C#N)cnn23)ncc1-c1nnc(N2CCN(C(=O)CCN3CCN(c4ccc5c(c4)C(=O)N(C4CCC(=O)NC4=O)C5=O)CC3)CC2)s1. The number of imide groups is 2. The fraction of sp³-hybridized carbons (Fsp3) is 0.381. The van der Waals surface area contributed by atoms with Crippen molar-refractivity contribution >= 4 is 62.9 Å². The molecule has 3 fully saturated rings. The van der Waals surface area contributed by atoms with Crippen LogP contribution in [0.1, 0.15) is 59.4 Å². The van der Waals surface area contributed by atoms with Crippen LogP contribution >= 0.6 is 11.3 Å². The van der Waals surface area contributed by atoms with Crippen molar-refractivity contribution in [3.63, 3.8) is 0 Å². The number of piperidine rings is 1. The maximum Gasteiger partial charge on any atom is 0.262 e. The van der Waals surface area contributed by atoms with E-state index in [2.05, 4.69) is 60.5 Å². The maximum atomic E-state index is 13.3. The summed E-state index contributed by atoms with van der Waals surface area (Å²) >= 11 is 1.50. The van der Waals surface area contributed by atoms with Crippen LogP contribution in [-0.2, 0) is 14.4 Å². The van der Waals surface area contributed by atoms with E-state index >= 15 is 0 Å². The Morgan fingerprint density at radius 2 is 1.67 bits per heavy atom. The van der Waals surface area contributed by atoms with Crippen LogP contribution in [0.15, 0.2) is 54.9 Å². The number of amides is 5. The maximum absolute atomic E-state index is 13.3. The number of nitrogens with zero attached hydrogens (tertiary/aromatic N) is 11. The topological polar surface area (TPSA) is 205 Å². The Morgan fingerprint density at radius 3 is 2.43 bits per heavy atom. The number of pyridine rings is 1. The Labute approximate surface area is 354 Å². The van der Waals surface area contributed by atoms with Crippen LogP contribution in [0.5, 0.6) is 0 Å². The second-order valence-electron chi connectivity index (χ2n) is 15.8. The average Bonchev–Trinajstić information content (AvgIpc) is 3.99. The number of nitriles is 1. The molecule has 1 atom stereocenters. The lowest BCUT2D eigenvalue weighted by Crippen LogP contribution is -2.54. The standard InChI is InChI=1S/C42H43N13O5S/c1-25(2)46-32-21-33(34-6-4-28-19-26(22-43)23-45-55(28)34)44-24-31(32)39-48-49-42(61-39)53-17-15-52(16-18-53)37(57)9-10-50-11-13-51(14-12-50)27-3-5-29-30(20-27)41(60)54(40(29)59)35-7-8-36(56)47-38(35)58/h3-6,19-21,23-25,35H,7-18H2,1-2H3,(H,44,46)(H,47,56,58). The lowest BCUT2D eigenvalue weighted by Gasteiger charge is -2.37. The van der Waals surface area contributed by atoms with Crippen molar-refractivity contribution in [2.45, 2.75) is 45.2 Å². The highest BCUT2D eigenvalue weighted by atomic mass is 32.1. The minimum absolute atomic E-state index is 0.0726. The fourth-order valence-corrected chi connectivity index (χ4v) is 9.27. The molecule has 0 spiro atoms. The number of carbonyl (C=O) groups excluding carboxylic acids is 5. The summed E-state index contributed by atoms with van der Waals surface area (Å²) in [7, 11) is 0. The number of anilines is 3. The first-order valence-corrected chi connectivity index (χ1v) is 21.2. The van der Waals surface area contributed by atoms with Gasteiger partial charge in [0.25, 0.3) is 11.8 Å². The Hall–Kier alpha value is -6.78. The van der Waals surface area contributed by atoms with Gasteiger partial charge in [-0.05, 0) is 62.7 Å². The highest BCUT2D eigenvalue weighted by molar-refractivity contribution is 7.18. The summed E-state index contributed by atoms with van der Waals surface area (Å²) in [6, 6.07) is 14.1. The van der Waals surface area contributed by atoms with E-state index in [0.29, 0.717) is 57.8 Å². The number of benzene rings is 1. The Bertz CT molecular complexity index is 2620. The highest BCUT2D eigenvalue weighted by Gasteiger charge is 2.45. The first-order valence-electron chi connectivity index (χ1n) is 20.4. The molecular formula is C42H43N13O5S. The quantitative estimate of drug-likeness (QED) is 0.194. The van der Waals surface area contributed by atoms with E-state index in [0.717, 1.165) is 62.0 Å². The molecule has 8 heterocycles. The van der Waals surface area contributed by atoms with Gasteiger partial charge >= 0.3 is 0 Å². The van der Waals surface area contributed by atoms with Crippen molar-refractivity contribution in [3.05, 3.63) is 71.5 Å². The van der Waals surface area contributed by atoms with E-state index in [1.54, 1.807) is 28.9 Å². The summed E-state index contributed by atoms with van der Waals surface area (Å²) in [6.45, 7) is 10.1. The van der Waals surface area contributed by atoms with Crippen molar-refractivity contribution in [2.75, 3.05) is 74.0 Å². The van der Waals surface area contributed by atoms with Gasteiger partial charge in [-0.15, -0.1) is 10.2 Å². The van der Waals surface area contributed by atoms with Gasteiger partial charge in [-0.25, -0.2) is 4.52 Å². The lowest BCUT2D eigenvalue weighted by molar-refractivity contribution is -0.136. The molecule has 4 aromatic heterocycles. The molecule has 0 aliphatic carbocycles. The van der Waals surface area contributed by atoms with Crippen LogP contribution < -0.4 is 20.4 Å². The molecular weight excluding hydrogens is 799 g/mol. The third-order valence-electron chi connectivity index (χ3n) is 11.6. The number of aromatic nitrogens is 5. The third-order valence-corrected chi connectivity index (χ3v) is 12.6. The minimum Gasteiger partial charge on any atom is -0.382 e. The zero-order valence-corrected chi connectivity index (χ0v) is 34.5. The molecule has 312 valence electrons. The van der Waals surface area contributed by atoms with Gasteiger partial charge in [-0.1, -0.05) is 11.3 Å². The van der Waals surface area contributed by atoms with E-state index in [-0.39, 0.29) is 35.9 Å². The Kier molecular flexibility index (Phi) is 10.6. The molecule has 4 aliphatic heterocycles. The van der Waals surface area contributed by atoms with Gasteiger partial charge < -0.3 is 20.0 Å². The molecule has 5 aromatic rings. The lowest BCUT2D eigenvalue weighted by atomic mass is 10.0. The van der Waals surface area contributed by atoms with Gasteiger partial charge in [0.15, 0.2) is 5.01 Å². The number of hydrogen-bond donors (Lipinski definition) is 2. The number of piperazine rings is 2. The second-order valence-corrected chi connectivity index (χ2v) is 16.8.